The third-order valence-corrected chi connectivity index (χ3v) is 3.87. The number of rotatable bonds is 7. The molecule has 2 aromatic carbocycles. The Morgan fingerprint density at radius 2 is 1.96 bits per heavy atom. The van der Waals surface area contributed by atoms with Gasteiger partial charge in [0.1, 0.15) is 5.75 Å². The molecule has 0 unspecified atom stereocenters. The molecule has 0 radical (unpaired) electrons. The van der Waals surface area contributed by atoms with Crippen molar-refractivity contribution in [2.45, 2.75) is 32.9 Å². The highest BCUT2D eigenvalue weighted by Crippen LogP contribution is 2.16. The normalized spacial score (nSPS) is 11.9. The van der Waals surface area contributed by atoms with Crippen LogP contribution in [0, 0.1) is 0 Å². The lowest BCUT2D eigenvalue weighted by Crippen LogP contribution is -2.23. The summed E-state index contributed by atoms with van der Waals surface area (Å²) in [4.78, 5) is 8.78. The van der Waals surface area contributed by atoms with Crippen LogP contribution in [-0.4, -0.2) is 28.2 Å². The lowest BCUT2D eigenvalue weighted by Gasteiger charge is -2.11. The van der Waals surface area contributed by atoms with Crippen LogP contribution in [0.1, 0.15) is 20.3 Å². The van der Waals surface area contributed by atoms with Crippen LogP contribution in [-0.2, 0) is 6.54 Å². The van der Waals surface area contributed by atoms with Crippen molar-refractivity contribution in [1.82, 2.24) is 9.55 Å². The molecular formula is C20H25N5O. The lowest BCUT2D eigenvalue weighted by atomic mass is 10.3. The molecule has 1 heterocycles. The Hall–Kier alpha value is -3.02. The Morgan fingerprint density at radius 3 is 2.73 bits per heavy atom. The van der Waals surface area contributed by atoms with Crippen molar-refractivity contribution in [1.29, 1.82) is 0 Å². The summed E-state index contributed by atoms with van der Waals surface area (Å²) < 4.78 is 7.76. The number of ether oxygens (including phenoxy) is 1. The fourth-order valence-electron chi connectivity index (χ4n) is 2.71. The van der Waals surface area contributed by atoms with Gasteiger partial charge in [0.25, 0.3) is 0 Å². The Labute approximate surface area is 153 Å². The van der Waals surface area contributed by atoms with Gasteiger partial charge in [-0.1, -0.05) is 12.1 Å². The van der Waals surface area contributed by atoms with Crippen LogP contribution in [0.2, 0.25) is 0 Å². The summed E-state index contributed by atoms with van der Waals surface area (Å²) in [6.45, 7) is 5.52. The number of nitrogens with zero attached hydrogens (tertiary/aromatic N) is 3. The number of hydrogen-bond donors (Lipinski definition) is 2. The van der Waals surface area contributed by atoms with Gasteiger partial charge in [-0.05, 0) is 56.7 Å². The molecule has 136 valence electrons. The summed E-state index contributed by atoms with van der Waals surface area (Å²) in [6, 6.07) is 15.8. The molecule has 3 N–H and O–H groups in total. The van der Waals surface area contributed by atoms with Gasteiger partial charge in [0.2, 0.25) is 0 Å². The van der Waals surface area contributed by atoms with Gasteiger partial charge >= 0.3 is 0 Å². The highest BCUT2D eigenvalue weighted by atomic mass is 16.5. The first-order chi connectivity index (χ1) is 12.6. The van der Waals surface area contributed by atoms with Gasteiger partial charge in [-0.2, -0.15) is 0 Å². The number of aliphatic imine (C=N–C) groups is 1. The molecule has 0 atom stereocenters. The highest BCUT2D eigenvalue weighted by molar-refractivity contribution is 5.92. The molecule has 3 aromatic rings. The van der Waals surface area contributed by atoms with Crippen molar-refractivity contribution in [2.24, 2.45) is 10.7 Å². The summed E-state index contributed by atoms with van der Waals surface area (Å²) in [7, 11) is 0. The number of aryl methyl sites for hydroxylation is 1. The van der Waals surface area contributed by atoms with E-state index in [1.54, 1.807) is 0 Å². The molecular weight excluding hydrogens is 326 g/mol. The Bertz CT molecular complexity index is 867. The van der Waals surface area contributed by atoms with E-state index in [1.165, 1.54) is 0 Å². The first-order valence-corrected chi connectivity index (χ1v) is 8.85. The van der Waals surface area contributed by atoms with Crippen molar-refractivity contribution in [3.63, 3.8) is 0 Å². The summed E-state index contributed by atoms with van der Waals surface area (Å²) in [5.41, 5.74) is 9.02. The number of imidazole rings is 1. The summed E-state index contributed by atoms with van der Waals surface area (Å²) in [5, 5.41) is 3.10. The van der Waals surface area contributed by atoms with Crippen molar-refractivity contribution in [2.75, 3.05) is 11.9 Å². The number of guanidine groups is 1. The van der Waals surface area contributed by atoms with Gasteiger partial charge in [0.15, 0.2) is 5.96 Å². The van der Waals surface area contributed by atoms with Crippen LogP contribution in [0.25, 0.3) is 11.0 Å². The molecule has 6 heteroatoms. The van der Waals surface area contributed by atoms with Gasteiger partial charge < -0.3 is 20.4 Å². The fraction of sp³-hybridized carbons (Fsp3) is 0.300. The number of hydrogen-bond acceptors (Lipinski definition) is 3. The minimum Gasteiger partial charge on any atom is -0.491 e. The van der Waals surface area contributed by atoms with E-state index in [1.807, 2.05) is 62.6 Å². The van der Waals surface area contributed by atoms with Crippen LogP contribution >= 0.6 is 0 Å². The van der Waals surface area contributed by atoms with E-state index in [4.69, 9.17) is 10.5 Å². The Kier molecular flexibility index (Phi) is 5.73. The zero-order chi connectivity index (χ0) is 18.4. The minimum atomic E-state index is 0.160. The summed E-state index contributed by atoms with van der Waals surface area (Å²) in [6.07, 6.45) is 2.92. The Balaban J connectivity index is 1.48. The first kappa shape index (κ1) is 17.8. The molecule has 0 saturated heterocycles. The van der Waals surface area contributed by atoms with Crippen molar-refractivity contribution in [3.05, 3.63) is 54.9 Å². The van der Waals surface area contributed by atoms with Crippen LogP contribution < -0.4 is 15.8 Å². The van der Waals surface area contributed by atoms with E-state index in [0.29, 0.717) is 12.5 Å². The predicted molar refractivity (Wildman–Crippen MR) is 107 cm³/mol. The minimum absolute atomic E-state index is 0.160. The molecule has 1 aromatic heterocycles. The smallest absolute Gasteiger partial charge is 0.193 e. The zero-order valence-electron chi connectivity index (χ0n) is 15.2. The van der Waals surface area contributed by atoms with Crippen molar-refractivity contribution in [3.8, 4) is 5.75 Å². The van der Waals surface area contributed by atoms with Crippen LogP contribution in [0.4, 0.5) is 5.69 Å². The zero-order valence-corrected chi connectivity index (χ0v) is 15.2. The van der Waals surface area contributed by atoms with E-state index in [9.17, 15) is 0 Å². The van der Waals surface area contributed by atoms with Gasteiger partial charge in [-0.3, -0.25) is 4.99 Å². The Morgan fingerprint density at radius 1 is 1.19 bits per heavy atom. The van der Waals surface area contributed by atoms with E-state index >= 15 is 0 Å². The molecule has 0 bridgehead atoms. The molecule has 6 nitrogen and oxygen atoms in total. The second-order valence-electron chi connectivity index (χ2n) is 6.36. The maximum atomic E-state index is 5.96. The van der Waals surface area contributed by atoms with Crippen LogP contribution in [0.5, 0.6) is 5.75 Å². The van der Waals surface area contributed by atoms with E-state index < -0.39 is 0 Å². The fourth-order valence-corrected chi connectivity index (χ4v) is 2.71. The lowest BCUT2D eigenvalue weighted by molar-refractivity contribution is 0.242. The van der Waals surface area contributed by atoms with Crippen LogP contribution in [0.3, 0.4) is 0 Å². The van der Waals surface area contributed by atoms with Gasteiger partial charge in [-0.15, -0.1) is 0 Å². The SMILES string of the molecule is CC(C)Oc1ccc(NC(N)=NCCCn2cnc3ccccc32)cc1. The van der Waals surface area contributed by atoms with Crippen molar-refractivity contribution < 1.29 is 4.74 Å². The maximum absolute atomic E-state index is 5.96. The quantitative estimate of drug-likeness (QED) is 0.387. The monoisotopic (exact) mass is 351 g/mol. The number of anilines is 1. The summed E-state index contributed by atoms with van der Waals surface area (Å²) >= 11 is 0. The number of fused-ring (bicyclic) bond motifs is 1. The molecule has 0 fully saturated rings. The molecule has 0 spiro atoms. The van der Waals surface area contributed by atoms with Gasteiger partial charge in [0.05, 0.1) is 23.5 Å². The van der Waals surface area contributed by atoms with Gasteiger partial charge in [-0.25, -0.2) is 4.98 Å². The number of nitrogens with one attached hydrogen (secondary N) is 1. The molecule has 3 rings (SSSR count). The standard InChI is InChI=1S/C20H25N5O/c1-15(2)26-17-10-8-16(9-11-17)24-20(21)22-12-5-13-25-14-23-18-6-3-4-7-19(18)25/h3-4,6-11,14-15H,5,12-13H2,1-2H3,(H3,21,22,24). The average Bonchev–Trinajstić information content (AvgIpc) is 3.03. The predicted octanol–water partition coefficient (Wildman–Crippen LogP) is 3.64. The van der Waals surface area contributed by atoms with Gasteiger partial charge in [0, 0.05) is 18.8 Å². The number of para-hydroxylation sites is 2. The molecule has 0 aliphatic carbocycles. The third-order valence-electron chi connectivity index (χ3n) is 3.87. The van der Waals surface area contributed by atoms with Crippen molar-refractivity contribution >= 4 is 22.7 Å². The van der Waals surface area contributed by atoms with E-state index in [2.05, 4.69) is 25.9 Å². The van der Waals surface area contributed by atoms with Crippen LogP contribution in [0.15, 0.2) is 59.9 Å². The number of nitrogens with two attached hydrogens (primary N) is 1. The number of benzene rings is 2. The molecule has 0 amide bonds. The molecule has 0 aliphatic heterocycles. The summed E-state index contributed by atoms with van der Waals surface area (Å²) in [5.74, 6) is 1.26. The largest absolute Gasteiger partial charge is 0.491 e. The van der Waals surface area contributed by atoms with E-state index in [-0.39, 0.29) is 6.10 Å². The average molecular weight is 351 g/mol. The first-order valence-electron chi connectivity index (χ1n) is 8.85. The number of aromatic nitrogens is 2. The van der Waals surface area contributed by atoms with E-state index in [0.717, 1.165) is 35.4 Å². The molecule has 26 heavy (non-hydrogen) atoms. The highest BCUT2D eigenvalue weighted by Gasteiger charge is 2.01. The molecule has 0 saturated carbocycles. The second kappa shape index (κ2) is 8.38. The third kappa shape index (κ3) is 4.75. The second-order valence-corrected chi connectivity index (χ2v) is 6.36. The molecule has 0 aliphatic rings. The topological polar surface area (TPSA) is 77.5 Å². The maximum Gasteiger partial charge on any atom is 0.193 e.